The molecule has 0 aliphatic carbocycles. The zero-order chi connectivity index (χ0) is 18.0. The highest BCUT2D eigenvalue weighted by Gasteiger charge is 2.28. The number of allylic oxidation sites excluding steroid dienone is 1. The Hall–Kier alpha value is -3.28. The second kappa shape index (κ2) is 6.68. The molecule has 1 heterocycles. The molecule has 1 atom stereocenters. The van der Waals surface area contributed by atoms with Crippen LogP contribution in [0.4, 0.5) is 0 Å². The molecule has 3 rings (SSSR count). The van der Waals surface area contributed by atoms with Gasteiger partial charge in [0.1, 0.15) is 17.2 Å². The van der Waals surface area contributed by atoms with Gasteiger partial charge >= 0.3 is 5.97 Å². The molecule has 128 valence electrons. The Balaban J connectivity index is 1.85. The fraction of sp³-hybridized carbons (Fsp3) is 0.158. The summed E-state index contributed by atoms with van der Waals surface area (Å²) in [7, 11) is 1.57. The molecule has 2 aromatic rings. The van der Waals surface area contributed by atoms with E-state index < -0.39 is 12.1 Å². The number of rotatable bonds is 5. The number of hydrogen-bond donors (Lipinski definition) is 1. The molecule has 25 heavy (non-hydrogen) atoms. The summed E-state index contributed by atoms with van der Waals surface area (Å²) >= 11 is 0. The molecule has 0 aromatic heterocycles. The van der Waals surface area contributed by atoms with E-state index in [9.17, 15) is 9.59 Å². The highest BCUT2D eigenvalue weighted by atomic mass is 16.5. The van der Waals surface area contributed by atoms with Gasteiger partial charge in [0, 0.05) is 6.07 Å². The van der Waals surface area contributed by atoms with Gasteiger partial charge < -0.3 is 19.3 Å². The van der Waals surface area contributed by atoms with Gasteiger partial charge in [0.15, 0.2) is 11.9 Å². The summed E-state index contributed by atoms with van der Waals surface area (Å²) in [5.41, 5.74) is 1.18. The topological polar surface area (TPSA) is 82.1 Å². The first kappa shape index (κ1) is 16.6. The number of ketones is 1. The molecular formula is C19H16O6. The van der Waals surface area contributed by atoms with Crippen LogP contribution in [0.3, 0.4) is 0 Å². The van der Waals surface area contributed by atoms with Crippen molar-refractivity contribution in [2.75, 3.05) is 7.11 Å². The van der Waals surface area contributed by atoms with Crippen molar-refractivity contribution in [1.82, 2.24) is 0 Å². The Labute approximate surface area is 144 Å². The number of benzene rings is 2. The Morgan fingerprint density at radius 3 is 2.72 bits per heavy atom. The number of carbonyl (C=O) groups excluding carboxylic acids is 1. The smallest absolute Gasteiger partial charge is 0.344 e. The molecule has 0 fully saturated rings. The quantitative estimate of drug-likeness (QED) is 0.842. The van der Waals surface area contributed by atoms with Gasteiger partial charge in [0.05, 0.1) is 12.7 Å². The minimum Gasteiger partial charge on any atom is -0.497 e. The normalized spacial score (nSPS) is 15.4. The predicted molar refractivity (Wildman–Crippen MR) is 90.1 cm³/mol. The van der Waals surface area contributed by atoms with Crippen LogP contribution >= 0.6 is 0 Å². The van der Waals surface area contributed by atoms with E-state index in [1.807, 2.05) is 12.1 Å². The largest absolute Gasteiger partial charge is 0.497 e. The van der Waals surface area contributed by atoms with Gasteiger partial charge in [0.25, 0.3) is 0 Å². The van der Waals surface area contributed by atoms with E-state index in [1.165, 1.54) is 13.0 Å². The molecule has 0 saturated heterocycles. The Morgan fingerprint density at radius 2 is 2.00 bits per heavy atom. The lowest BCUT2D eigenvalue weighted by Crippen LogP contribution is -2.22. The van der Waals surface area contributed by atoms with Crippen molar-refractivity contribution in [1.29, 1.82) is 0 Å². The van der Waals surface area contributed by atoms with Gasteiger partial charge in [-0.1, -0.05) is 12.1 Å². The molecular weight excluding hydrogens is 324 g/mol. The van der Waals surface area contributed by atoms with Crippen molar-refractivity contribution in [2.45, 2.75) is 13.0 Å². The molecule has 6 heteroatoms. The third-order valence-electron chi connectivity index (χ3n) is 3.69. The Morgan fingerprint density at radius 1 is 1.20 bits per heavy atom. The van der Waals surface area contributed by atoms with Crippen molar-refractivity contribution < 1.29 is 28.9 Å². The monoisotopic (exact) mass is 340 g/mol. The minimum atomic E-state index is -1.07. The summed E-state index contributed by atoms with van der Waals surface area (Å²) in [6.45, 7) is 1.43. The van der Waals surface area contributed by atoms with Gasteiger partial charge in [0.2, 0.25) is 5.78 Å². The maximum atomic E-state index is 12.4. The summed E-state index contributed by atoms with van der Waals surface area (Å²) in [5.74, 6) is 0.215. The summed E-state index contributed by atoms with van der Waals surface area (Å²) in [6, 6.07) is 11.9. The maximum absolute atomic E-state index is 12.4. The molecule has 2 aromatic carbocycles. The van der Waals surface area contributed by atoms with Crippen molar-refractivity contribution in [3.8, 4) is 17.2 Å². The van der Waals surface area contributed by atoms with E-state index in [4.69, 9.17) is 19.3 Å². The lowest BCUT2D eigenvalue weighted by atomic mass is 10.1. The molecule has 1 N–H and O–H groups in total. The third kappa shape index (κ3) is 3.47. The third-order valence-corrected chi connectivity index (χ3v) is 3.69. The van der Waals surface area contributed by atoms with Crippen LogP contribution in [0.5, 0.6) is 17.2 Å². The van der Waals surface area contributed by atoms with Crippen LogP contribution in [-0.2, 0) is 4.79 Å². The van der Waals surface area contributed by atoms with Crippen molar-refractivity contribution in [2.24, 2.45) is 0 Å². The zero-order valence-corrected chi connectivity index (χ0v) is 13.7. The van der Waals surface area contributed by atoms with Crippen LogP contribution in [0.2, 0.25) is 0 Å². The predicted octanol–water partition coefficient (Wildman–Crippen LogP) is 3.16. The minimum absolute atomic E-state index is 0.187. The summed E-state index contributed by atoms with van der Waals surface area (Å²) in [4.78, 5) is 23.3. The van der Waals surface area contributed by atoms with E-state index in [0.29, 0.717) is 22.8 Å². The fourth-order valence-corrected chi connectivity index (χ4v) is 2.38. The van der Waals surface area contributed by atoms with Gasteiger partial charge in [-0.05, 0) is 42.8 Å². The Kier molecular flexibility index (Phi) is 4.43. The van der Waals surface area contributed by atoms with Gasteiger partial charge in [-0.3, -0.25) is 4.79 Å². The number of methoxy groups -OCH3 is 1. The number of carbonyl (C=O) groups is 2. The van der Waals surface area contributed by atoms with Crippen molar-refractivity contribution >= 4 is 17.8 Å². The van der Waals surface area contributed by atoms with Crippen LogP contribution in [0.15, 0.2) is 48.2 Å². The summed E-state index contributed by atoms with van der Waals surface area (Å²) in [5, 5.41) is 8.90. The molecule has 6 nitrogen and oxygen atoms in total. The first-order chi connectivity index (χ1) is 12.0. The molecule has 0 bridgehead atoms. The molecule has 0 amide bonds. The highest BCUT2D eigenvalue weighted by Crippen LogP contribution is 2.35. The van der Waals surface area contributed by atoms with Crippen LogP contribution in [-0.4, -0.2) is 30.1 Å². The second-order valence-corrected chi connectivity index (χ2v) is 5.47. The second-order valence-electron chi connectivity index (χ2n) is 5.47. The zero-order valence-electron chi connectivity index (χ0n) is 13.7. The van der Waals surface area contributed by atoms with Gasteiger partial charge in [-0.2, -0.15) is 0 Å². The van der Waals surface area contributed by atoms with Crippen LogP contribution in [0.1, 0.15) is 22.8 Å². The van der Waals surface area contributed by atoms with Crippen molar-refractivity contribution in [3.05, 3.63) is 59.4 Å². The molecule has 1 aliphatic heterocycles. The average molecular weight is 340 g/mol. The lowest BCUT2D eigenvalue weighted by molar-refractivity contribution is -0.144. The van der Waals surface area contributed by atoms with Crippen LogP contribution in [0, 0.1) is 0 Å². The summed E-state index contributed by atoms with van der Waals surface area (Å²) in [6.07, 6.45) is 0.632. The van der Waals surface area contributed by atoms with E-state index in [0.717, 1.165) is 5.56 Å². The van der Waals surface area contributed by atoms with E-state index in [-0.39, 0.29) is 11.5 Å². The number of carboxylic acid groups (broad SMARTS) is 1. The van der Waals surface area contributed by atoms with Crippen LogP contribution in [0.25, 0.3) is 6.08 Å². The lowest BCUT2D eigenvalue weighted by Gasteiger charge is -2.10. The standard InChI is InChI=1S/C19H16O6/c1-11(19(21)22)24-14-6-7-15-16(10-14)25-17(18(15)20)9-12-4-3-5-13(8-12)23-2/h3-11H,1-2H3,(H,21,22)/t11-/m0/s1. The molecule has 0 unspecified atom stereocenters. The molecule has 0 spiro atoms. The number of hydrogen-bond acceptors (Lipinski definition) is 5. The fourth-order valence-electron chi connectivity index (χ4n) is 2.38. The Bertz CT molecular complexity index is 868. The molecule has 0 saturated carbocycles. The first-order valence-electron chi connectivity index (χ1n) is 7.60. The number of carboxylic acids is 1. The van der Waals surface area contributed by atoms with E-state index in [1.54, 1.807) is 37.5 Å². The number of aliphatic carboxylic acids is 1. The summed E-state index contributed by atoms with van der Waals surface area (Å²) < 4.78 is 16.1. The molecule has 0 radical (unpaired) electrons. The molecule has 1 aliphatic rings. The van der Waals surface area contributed by atoms with Crippen molar-refractivity contribution in [3.63, 3.8) is 0 Å². The number of Topliss-reactive ketones (excluding diaryl/α,β-unsaturated/α-hetero) is 1. The average Bonchev–Trinajstić information content (AvgIpc) is 2.90. The van der Waals surface area contributed by atoms with E-state index in [2.05, 4.69) is 0 Å². The highest BCUT2D eigenvalue weighted by molar-refractivity contribution is 6.14. The number of fused-ring (bicyclic) bond motifs is 1. The maximum Gasteiger partial charge on any atom is 0.344 e. The first-order valence-corrected chi connectivity index (χ1v) is 7.60. The van der Waals surface area contributed by atoms with Gasteiger partial charge in [-0.25, -0.2) is 4.79 Å². The number of ether oxygens (including phenoxy) is 3. The SMILES string of the molecule is COc1cccc(C=C2Oc3cc(O[C@@H](C)C(=O)O)ccc3C2=O)c1. The van der Waals surface area contributed by atoms with Crippen LogP contribution < -0.4 is 14.2 Å². The van der Waals surface area contributed by atoms with Gasteiger partial charge in [-0.15, -0.1) is 0 Å². The van der Waals surface area contributed by atoms with E-state index >= 15 is 0 Å².